The van der Waals surface area contributed by atoms with E-state index >= 15 is 0 Å². The largest absolute Gasteiger partial charge is 0.504 e. The molecule has 0 radical (unpaired) electrons. The average Bonchev–Trinajstić information content (AvgIpc) is 2.71. The number of ketones is 1. The highest BCUT2D eigenvalue weighted by Crippen LogP contribution is 2.29. The Labute approximate surface area is 170 Å². The van der Waals surface area contributed by atoms with Crippen LogP contribution >= 0.6 is 0 Å². The van der Waals surface area contributed by atoms with Crippen LogP contribution in [0.4, 0.5) is 0 Å². The minimum absolute atomic E-state index is 0.0415. The maximum absolute atomic E-state index is 12.1. The number of aromatic hydroxyl groups is 1. The fourth-order valence-electron chi connectivity index (χ4n) is 2.80. The first-order valence-corrected chi connectivity index (χ1v) is 9.33. The molecule has 2 aromatic rings. The van der Waals surface area contributed by atoms with E-state index in [0.717, 1.165) is 17.5 Å². The van der Waals surface area contributed by atoms with Crippen LogP contribution in [0.5, 0.6) is 23.0 Å². The SMILES string of the molecule is COc1cc(CCC(=O)/C=C/CCc2ccc(OC(C)=O)c(OC)c2)ccc1O. The Morgan fingerprint density at radius 2 is 1.59 bits per heavy atom. The number of methoxy groups -OCH3 is 2. The van der Waals surface area contributed by atoms with Crippen LogP contribution in [0.15, 0.2) is 48.6 Å². The molecule has 0 aliphatic heterocycles. The average molecular weight is 398 g/mol. The van der Waals surface area contributed by atoms with E-state index in [1.165, 1.54) is 21.1 Å². The van der Waals surface area contributed by atoms with Gasteiger partial charge in [-0.05, 0) is 60.7 Å². The molecule has 154 valence electrons. The van der Waals surface area contributed by atoms with Crippen LogP contribution in [0.3, 0.4) is 0 Å². The van der Waals surface area contributed by atoms with Gasteiger partial charge in [0.15, 0.2) is 28.8 Å². The van der Waals surface area contributed by atoms with Gasteiger partial charge in [-0.2, -0.15) is 0 Å². The molecule has 0 atom stereocenters. The number of carbonyl (C=O) groups excluding carboxylic acids is 2. The van der Waals surface area contributed by atoms with Gasteiger partial charge in [-0.3, -0.25) is 9.59 Å². The molecular formula is C23H26O6. The van der Waals surface area contributed by atoms with Crippen LogP contribution in [-0.2, 0) is 22.4 Å². The lowest BCUT2D eigenvalue weighted by Crippen LogP contribution is -2.03. The summed E-state index contributed by atoms with van der Waals surface area (Å²) in [5, 5.41) is 9.60. The second kappa shape index (κ2) is 10.9. The Morgan fingerprint density at radius 1 is 0.931 bits per heavy atom. The van der Waals surface area contributed by atoms with Crippen molar-refractivity contribution in [3.63, 3.8) is 0 Å². The number of benzene rings is 2. The Bertz CT molecular complexity index is 885. The summed E-state index contributed by atoms with van der Waals surface area (Å²) in [6.45, 7) is 1.34. The topological polar surface area (TPSA) is 82.1 Å². The number of rotatable bonds is 10. The molecule has 0 fully saturated rings. The summed E-state index contributed by atoms with van der Waals surface area (Å²) < 4.78 is 15.4. The van der Waals surface area contributed by atoms with Crippen LogP contribution < -0.4 is 14.2 Å². The van der Waals surface area contributed by atoms with Crippen LogP contribution in [-0.4, -0.2) is 31.1 Å². The molecule has 0 spiro atoms. The molecule has 2 aromatic carbocycles. The van der Waals surface area contributed by atoms with Crippen LogP contribution in [0.1, 0.15) is 30.9 Å². The van der Waals surface area contributed by atoms with Crippen LogP contribution in [0, 0.1) is 0 Å². The molecule has 1 N–H and O–H groups in total. The Morgan fingerprint density at radius 3 is 2.28 bits per heavy atom. The Balaban J connectivity index is 1.82. The first-order chi connectivity index (χ1) is 13.9. The summed E-state index contributed by atoms with van der Waals surface area (Å²) >= 11 is 0. The van der Waals surface area contributed by atoms with E-state index in [1.54, 1.807) is 30.3 Å². The third kappa shape index (κ3) is 6.99. The van der Waals surface area contributed by atoms with E-state index in [0.29, 0.717) is 36.5 Å². The number of hydrogen-bond acceptors (Lipinski definition) is 6. The molecule has 0 amide bonds. The number of carbonyl (C=O) groups is 2. The third-order valence-corrected chi connectivity index (χ3v) is 4.29. The van der Waals surface area contributed by atoms with Crippen molar-refractivity contribution in [3.8, 4) is 23.0 Å². The zero-order chi connectivity index (χ0) is 21.2. The molecule has 29 heavy (non-hydrogen) atoms. The highest BCUT2D eigenvalue weighted by molar-refractivity contribution is 5.89. The van der Waals surface area contributed by atoms with Crippen molar-refractivity contribution in [2.75, 3.05) is 14.2 Å². The van der Waals surface area contributed by atoms with Gasteiger partial charge in [-0.25, -0.2) is 0 Å². The number of aryl methyl sites for hydroxylation is 2. The van der Waals surface area contributed by atoms with Gasteiger partial charge in [-0.15, -0.1) is 0 Å². The molecule has 2 rings (SSSR count). The zero-order valence-electron chi connectivity index (χ0n) is 16.9. The van der Waals surface area contributed by atoms with Crippen molar-refractivity contribution in [2.24, 2.45) is 0 Å². The Kier molecular flexibility index (Phi) is 8.27. The lowest BCUT2D eigenvalue weighted by molar-refractivity contribution is -0.132. The summed E-state index contributed by atoms with van der Waals surface area (Å²) in [6.07, 6.45) is 5.85. The second-order valence-electron chi connectivity index (χ2n) is 6.49. The number of phenolic OH excluding ortho intramolecular Hbond substituents is 1. The molecule has 0 saturated carbocycles. The van der Waals surface area contributed by atoms with Gasteiger partial charge in [0.2, 0.25) is 0 Å². The summed E-state index contributed by atoms with van der Waals surface area (Å²) in [4.78, 5) is 23.2. The molecule has 0 saturated heterocycles. The smallest absolute Gasteiger partial charge is 0.308 e. The summed E-state index contributed by atoms with van der Waals surface area (Å²) in [5.41, 5.74) is 1.95. The normalized spacial score (nSPS) is 10.7. The lowest BCUT2D eigenvalue weighted by Gasteiger charge is -2.09. The lowest BCUT2D eigenvalue weighted by atomic mass is 10.1. The standard InChI is InChI=1S/C23H26O6/c1-16(24)29-21-13-10-17(15-23(21)28-3)6-4-5-7-19(25)11-8-18-9-12-20(26)22(14-18)27-2/h5,7,9-10,12-15,26H,4,6,8,11H2,1-3H3/b7-5+. The van der Waals surface area contributed by atoms with E-state index < -0.39 is 5.97 Å². The van der Waals surface area contributed by atoms with E-state index in [9.17, 15) is 14.7 Å². The van der Waals surface area contributed by atoms with Crippen molar-refractivity contribution < 1.29 is 28.9 Å². The van der Waals surface area contributed by atoms with E-state index in [2.05, 4.69) is 0 Å². The predicted molar refractivity (Wildman–Crippen MR) is 110 cm³/mol. The van der Waals surface area contributed by atoms with Crippen molar-refractivity contribution >= 4 is 11.8 Å². The molecule has 6 heteroatoms. The van der Waals surface area contributed by atoms with Gasteiger partial charge >= 0.3 is 5.97 Å². The molecule has 0 heterocycles. The highest BCUT2D eigenvalue weighted by atomic mass is 16.6. The van der Waals surface area contributed by atoms with Gasteiger partial charge in [0.05, 0.1) is 14.2 Å². The van der Waals surface area contributed by atoms with Gasteiger partial charge in [0.1, 0.15) is 0 Å². The first kappa shape index (κ1) is 22.0. The number of allylic oxidation sites excluding steroid dienone is 2. The fourth-order valence-corrected chi connectivity index (χ4v) is 2.80. The predicted octanol–water partition coefficient (Wildman–Crippen LogP) is 4.03. The molecule has 0 unspecified atom stereocenters. The number of ether oxygens (including phenoxy) is 3. The monoisotopic (exact) mass is 398 g/mol. The number of phenols is 1. The van der Waals surface area contributed by atoms with Gasteiger partial charge in [0, 0.05) is 13.3 Å². The summed E-state index contributed by atoms with van der Waals surface area (Å²) in [7, 11) is 3.01. The number of esters is 1. The van der Waals surface area contributed by atoms with Crippen LogP contribution in [0.2, 0.25) is 0 Å². The zero-order valence-corrected chi connectivity index (χ0v) is 16.9. The Hall–Kier alpha value is -3.28. The summed E-state index contributed by atoms with van der Waals surface area (Å²) in [5.74, 6) is 1.02. The minimum atomic E-state index is -0.400. The second-order valence-corrected chi connectivity index (χ2v) is 6.49. The van der Waals surface area contributed by atoms with E-state index in [4.69, 9.17) is 14.2 Å². The van der Waals surface area contributed by atoms with Gasteiger partial charge < -0.3 is 19.3 Å². The molecule has 0 aliphatic carbocycles. The summed E-state index contributed by atoms with van der Waals surface area (Å²) in [6, 6.07) is 10.5. The van der Waals surface area contributed by atoms with E-state index in [1.807, 2.05) is 18.2 Å². The molecule has 0 aromatic heterocycles. The maximum Gasteiger partial charge on any atom is 0.308 e. The maximum atomic E-state index is 12.1. The van der Waals surface area contributed by atoms with Crippen molar-refractivity contribution in [2.45, 2.75) is 32.6 Å². The highest BCUT2D eigenvalue weighted by Gasteiger charge is 2.08. The molecule has 6 nitrogen and oxygen atoms in total. The quantitative estimate of drug-likeness (QED) is 0.370. The van der Waals surface area contributed by atoms with Gasteiger partial charge in [0.25, 0.3) is 0 Å². The van der Waals surface area contributed by atoms with Crippen molar-refractivity contribution in [1.29, 1.82) is 0 Å². The van der Waals surface area contributed by atoms with Crippen LogP contribution in [0.25, 0.3) is 0 Å². The van der Waals surface area contributed by atoms with Crippen molar-refractivity contribution in [3.05, 3.63) is 59.7 Å². The van der Waals surface area contributed by atoms with Gasteiger partial charge in [-0.1, -0.05) is 18.2 Å². The third-order valence-electron chi connectivity index (χ3n) is 4.29. The molecule has 0 aliphatic rings. The minimum Gasteiger partial charge on any atom is -0.504 e. The number of hydrogen-bond donors (Lipinski definition) is 1. The molecular weight excluding hydrogens is 372 g/mol. The molecule has 0 bridgehead atoms. The fraction of sp³-hybridized carbons (Fsp3) is 0.304. The first-order valence-electron chi connectivity index (χ1n) is 9.33. The van der Waals surface area contributed by atoms with E-state index in [-0.39, 0.29) is 11.5 Å². The van der Waals surface area contributed by atoms with Crippen molar-refractivity contribution in [1.82, 2.24) is 0 Å².